The highest BCUT2D eigenvalue weighted by molar-refractivity contribution is 5.99. The summed E-state index contributed by atoms with van der Waals surface area (Å²) < 4.78 is 14.8. The summed E-state index contributed by atoms with van der Waals surface area (Å²) in [7, 11) is 1.65. The number of hydrogen-bond donors (Lipinski definition) is 2. The number of carbonyl (C=O) groups excluding carboxylic acids is 1. The second kappa shape index (κ2) is 8.63. The molecule has 1 fully saturated rings. The molecule has 4 rings (SSSR count). The van der Waals surface area contributed by atoms with Crippen LogP contribution in [0, 0.1) is 12.7 Å². The number of hydrogen-bond acceptors (Lipinski definition) is 4. The second-order valence-electron chi connectivity index (χ2n) is 8.45. The molecule has 2 aliphatic rings. The molecule has 6 heteroatoms. The normalized spacial score (nSPS) is 21.4. The monoisotopic (exact) mass is 421 g/mol. The SMILES string of the molecule is CN=CC=C(N)c1ccc(Cc2cc3c(cc2C)CN([C@H]2CCC[C@@H]2O)C3=O)c(F)c1. The molecule has 0 saturated heterocycles. The number of nitrogens with two attached hydrogens (primary N) is 1. The number of fused-ring (bicyclic) bond motifs is 1. The highest BCUT2D eigenvalue weighted by Gasteiger charge is 2.38. The molecule has 1 aliphatic carbocycles. The van der Waals surface area contributed by atoms with Gasteiger partial charge in [0.1, 0.15) is 5.82 Å². The predicted molar refractivity (Wildman–Crippen MR) is 120 cm³/mol. The minimum Gasteiger partial charge on any atom is -0.398 e. The van der Waals surface area contributed by atoms with Crippen molar-refractivity contribution in [3.8, 4) is 0 Å². The molecule has 1 amide bonds. The Kier molecular flexibility index (Phi) is 5.92. The number of allylic oxidation sites excluding steroid dienone is 1. The van der Waals surface area contributed by atoms with Gasteiger partial charge in [0, 0.05) is 43.1 Å². The standard InChI is InChI=1S/C25H28FN3O2/c1-15-10-19-14-29(23-4-3-5-24(23)30)25(31)20(19)12-18(15)11-16-6-7-17(13-21(16)26)22(27)8-9-28-2/h6-10,12-13,23-24,30H,3-5,11,14,27H2,1-2H3/t23-,24-/m0/s1. The first kappa shape index (κ1) is 21.2. The van der Waals surface area contributed by atoms with E-state index in [4.69, 9.17) is 5.73 Å². The lowest BCUT2D eigenvalue weighted by Crippen LogP contribution is -2.40. The Labute approximate surface area is 182 Å². The van der Waals surface area contributed by atoms with Crippen molar-refractivity contribution in [3.05, 3.63) is 75.6 Å². The number of nitrogens with zero attached hydrogens (tertiary/aromatic N) is 2. The van der Waals surface area contributed by atoms with Gasteiger partial charge < -0.3 is 15.7 Å². The molecule has 0 bridgehead atoms. The third-order valence-corrected chi connectivity index (χ3v) is 6.41. The van der Waals surface area contributed by atoms with Crippen molar-refractivity contribution >= 4 is 17.8 Å². The Hall–Kier alpha value is -2.99. The largest absolute Gasteiger partial charge is 0.398 e. The quantitative estimate of drug-likeness (QED) is 0.724. The molecule has 2 aromatic carbocycles. The van der Waals surface area contributed by atoms with E-state index in [0.717, 1.165) is 36.0 Å². The van der Waals surface area contributed by atoms with Crippen molar-refractivity contribution < 1.29 is 14.3 Å². The Bertz CT molecular complexity index is 1080. The molecule has 2 aromatic rings. The van der Waals surface area contributed by atoms with Crippen molar-refractivity contribution in [1.29, 1.82) is 0 Å². The van der Waals surface area contributed by atoms with E-state index in [1.54, 1.807) is 36.4 Å². The van der Waals surface area contributed by atoms with E-state index in [-0.39, 0.29) is 17.8 Å². The van der Waals surface area contributed by atoms with Crippen LogP contribution in [-0.4, -0.2) is 41.3 Å². The molecule has 162 valence electrons. The minimum absolute atomic E-state index is 0.0338. The van der Waals surface area contributed by atoms with E-state index in [2.05, 4.69) is 4.99 Å². The number of amides is 1. The molecule has 0 unspecified atom stereocenters. The molecule has 3 N–H and O–H groups in total. The van der Waals surface area contributed by atoms with Gasteiger partial charge in [-0.05, 0) is 66.6 Å². The van der Waals surface area contributed by atoms with Gasteiger partial charge >= 0.3 is 0 Å². The molecule has 0 radical (unpaired) electrons. The fourth-order valence-corrected chi connectivity index (χ4v) is 4.62. The molecular formula is C25H28FN3O2. The summed E-state index contributed by atoms with van der Waals surface area (Å²) >= 11 is 0. The fourth-order valence-electron chi connectivity index (χ4n) is 4.62. The van der Waals surface area contributed by atoms with Crippen LogP contribution < -0.4 is 5.73 Å². The Balaban J connectivity index is 1.58. The molecular weight excluding hydrogens is 393 g/mol. The van der Waals surface area contributed by atoms with Gasteiger partial charge in [-0.25, -0.2) is 4.39 Å². The second-order valence-corrected chi connectivity index (χ2v) is 8.45. The van der Waals surface area contributed by atoms with Gasteiger partial charge in [-0.2, -0.15) is 0 Å². The summed E-state index contributed by atoms with van der Waals surface area (Å²) in [5.41, 5.74) is 11.2. The summed E-state index contributed by atoms with van der Waals surface area (Å²) in [6, 6.07) is 8.79. The zero-order valence-corrected chi connectivity index (χ0v) is 17.9. The average Bonchev–Trinajstić information content (AvgIpc) is 3.30. The maximum Gasteiger partial charge on any atom is 0.254 e. The van der Waals surface area contributed by atoms with Crippen LogP contribution in [0.5, 0.6) is 0 Å². The summed E-state index contributed by atoms with van der Waals surface area (Å²) in [6.45, 7) is 2.52. The average molecular weight is 422 g/mol. The summed E-state index contributed by atoms with van der Waals surface area (Å²) in [4.78, 5) is 18.7. The lowest BCUT2D eigenvalue weighted by molar-refractivity contribution is 0.0479. The molecule has 31 heavy (non-hydrogen) atoms. The molecule has 0 aromatic heterocycles. The smallest absolute Gasteiger partial charge is 0.254 e. The summed E-state index contributed by atoms with van der Waals surface area (Å²) in [5, 5.41) is 10.2. The lowest BCUT2D eigenvalue weighted by atomic mass is 9.95. The van der Waals surface area contributed by atoms with E-state index in [1.165, 1.54) is 6.07 Å². The molecule has 5 nitrogen and oxygen atoms in total. The van der Waals surface area contributed by atoms with E-state index < -0.39 is 6.10 Å². The highest BCUT2D eigenvalue weighted by atomic mass is 19.1. The van der Waals surface area contributed by atoms with Crippen molar-refractivity contribution in [3.63, 3.8) is 0 Å². The van der Waals surface area contributed by atoms with Crippen LogP contribution in [0.1, 0.15) is 57.4 Å². The maximum absolute atomic E-state index is 14.8. The Morgan fingerprint density at radius 1 is 1.29 bits per heavy atom. The van der Waals surface area contributed by atoms with E-state index in [0.29, 0.717) is 35.4 Å². The number of aryl methyl sites for hydroxylation is 1. The topological polar surface area (TPSA) is 78.9 Å². The fraction of sp³-hybridized carbons (Fsp3) is 0.360. The van der Waals surface area contributed by atoms with Crippen LogP contribution in [0.4, 0.5) is 4.39 Å². The Morgan fingerprint density at radius 2 is 2.10 bits per heavy atom. The third kappa shape index (κ3) is 4.12. The van der Waals surface area contributed by atoms with Crippen LogP contribution in [0.3, 0.4) is 0 Å². The molecule has 1 heterocycles. The lowest BCUT2D eigenvalue weighted by Gasteiger charge is -2.26. The first-order chi connectivity index (χ1) is 14.9. The maximum atomic E-state index is 14.8. The zero-order chi connectivity index (χ0) is 22.1. The number of aliphatic imine (C=N–C) groups is 1. The van der Waals surface area contributed by atoms with Crippen molar-refractivity contribution in [2.75, 3.05) is 7.05 Å². The van der Waals surface area contributed by atoms with Gasteiger partial charge in [-0.15, -0.1) is 0 Å². The summed E-state index contributed by atoms with van der Waals surface area (Å²) in [6.07, 6.45) is 5.68. The van der Waals surface area contributed by atoms with Gasteiger partial charge in [-0.3, -0.25) is 9.79 Å². The van der Waals surface area contributed by atoms with Crippen LogP contribution in [-0.2, 0) is 13.0 Å². The number of benzene rings is 2. The van der Waals surface area contributed by atoms with Crippen LogP contribution >= 0.6 is 0 Å². The van der Waals surface area contributed by atoms with Crippen LogP contribution in [0.2, 0.25) is 0 Å². The molecule has 0 spiro atoms. The van der Waals surface area contributed by atoms with Gasteiger partial charge in [-0.1, -0.05) is 18.2 Å². The third-order valence-electron chi connectivity index (χ3n) is 6.41. The minimum atomic E-state index is -0.448. The first-order valence-corrected chi connectivity index (χ1v) is 10.7. The Morgan fingerprint density at radius 3 is 2.77 bits per heavy atom. The predicted octanol–water partition coefficient (Wildman–Crippen LogP) is 3.59. The number of carbonyl (C=O) groups is 1. The number of aliphatic hydroxyl groups is 1. The van der Waals surface area contributed by atoms with Crippen LogP contribution in [0.15, 0.2) is 41.4 Å². The highest BCUT2D eigenvalue weighted by Crippen LogP contribution is 2.34. The van der Waals surface area contributed by atoms with Gasteiger partial charge in [0.05, 0.1) is 12.1 Å². The summed E-state index contributed by atoms with van der Waals surface area (Å²) in [5.74, 6) is -0.363. The number of rotatable bonds is 5. The van der Waals surface area contributed by atoms with E-state index in [9.17, 15) is 14.3 Å². The van der Waals surface area contributed by atoms with Crippen LogP contribution in [0.25, 0.3) is 5.70 Å². The van der Waals surface area contributed by atoms with E-state index >= 15 is 0 Å². The van der Waals surface area contributed by atoms with Crippen molar-refractivity contribution in [2.45, 2.75) is 51.3 Å². The van der Waals surface area contributed by atoms with Gasteiger partial charge in [0.25, 0.3) is 5.91 Å². The number of aliphatic hydroxyl groups excluding tert-OH is 1. The molecule has 2 atom stereocenters. The first-order valence-electron chi connectivity index (χ1n) is 10.7. The number of halogens is 1. The molecule has 1 aliphatic heterocycles. The van der Waals surface area contributed by atoms with Crippen molar-refractivity contribution in [1.82, 2.24) is 4.90 Å². The van der Waals surface area contributed by atoms with Crippen molar-refractivity contribution in [2.24, 2.45) is 10.7 Å². The van der Waals surface area contributed by atoms with Gasteiger partial charge in [0.15, 0.2) is 0 Å². The van der Waals surface area contributed by atoms with E-state index in [1.807, 2.05) is 19.1 Å². The zero-order valence-electron chi connectivity index (χ0n) is 17.9. The molecule has 1 saturated carbocycles. The van der Waals surface area contributed by atoms with Gasteiger partial charge in [0.2, 0.25) is 0 Å².